The largest absolute Gasteiger partial charge is 0.272 e. The van der Waals surface area contributed by atoms with Gasteiger partial charge in [0.05, 0.1) is 18.2 Å². The van der Waals surface area contributed by atoms with Crippen LogP contribution in [-0.2, 0) is 4.79 Å². The van der Waals surface area contributed by atoms with Gasteiger partial charge in [-0.3, -0.25) is 4.79 Å². The highest BCUT2D eigenvalue weighted by Crippen LogP contribution is 2.31. The second-order valence-corrected chi connectivity index (χ2v) is 5.53. The third-order valence-electron chi connectivity index (χ3n) is 3.71. The smallest absolute Gasteiger partial charge is 0.250 e. The molecule has 0 spiro atoms. The summed E-state index contributed by atoms with van der Waals surface area (Å²) in [5.41, 5.74) is 2.93. The molecule has 0 fully saturated rings. The zero-order chi connectivity index (χ0) is 14.8. The van der Waals surface area contributed by atoms with E-state index in [1.807, 2.05) is 55.5 Å². The van der Waals surface area contributed by atoms with E-state index in [0.29, 0.717) is 6.54 Å². The van der Waals surface area contributed by atoms with Crippen LogP contribution in [0.2, 0.25) is 0 Å². The molecule has 0 saturated heterocycles. The number of rotatable bonds is 3. The van der Waals surface area contributed by atoms with Crippen molar-refractivity contribution >= 4 is 11.6 Å². The second-order valence-electron chi connectivity index (χ2n) is 5.53. The molecule has 1 amide bonds. The number of carbonyl (C=O) groups excluding carboxylic acids is 1. The van der Waals surface area contributed by atoms with Gasteiger partial charge in [-0.15, -0.1) is 0 Å². The van der Waals surface area contributed by atoms with Gasteiger partial charge in [-0.25, -0.2) is 5.01 Å². The van der Waals surface area contributed by atoms with Gasteiger partial charge in [0.2, 0.25) is 0 Å². The second kappa shape index (κ2) is 5.52. The van der Waals surface area contributed by atoms with Crippen molar-refractivity contribution in [1.29, 1.82) is 0 Å². The third kappa shape index (κ3) is 2.59. The molecule has 2 aliphatic rings. The van der Waals surface area contributed by atoms with Gasteiger partial charge in [0.25, 0.3) is 5.91 Å². The zero-order valence-electron chi connectivity index (χ0n) is 12.1. The number of fused-ring (bicyclic) bond motifs is 1. The summed E-state index contributed by atoms with van der Waals surface area (Å²) in [5, 5.41) is 6.16. The highest BCUT2D eigenvalue weighted by atomic mass is 16.2. The van der Waals surface area contributed by atoms with Crippen LogP contribution in [0.1, 0.15) is 12.5 Å². The molecule has 0 saturated carbocycles. The van der Waals surface area contributed by atoms with Crippen molar-refractivity contribution < 1.29 is 4.79 Å². The molecule has 0 aromatic heterocycles. The first-order chi connectivity index (χ1) is 10.2. The fourth-order valence-electron chi connectivity index (χ4n) is 2.75. The predicted molar refractivity (Wildman–Crippen MR) is 84.8 cm³/mol. The Kier molecular flexibility index (Phi) is 3.57. The molecular weight excluding hydrogens is 260 g/mol. The van der Waals surface area contributed by atoms with E-state index in [0.717, 1.165) is 16.8 Å². The molecule has 3 heteroatoms. The monoisotopic (exact) mass is 278 g/mol. The van der Waals surface area contributed by atoms with Gasteiger partial charge in [0.1, 0.15) is 0 Å². The summed E-state index contributed by atoms with van der Waals surface area (Å²) in [6, 6.07) is 10.1. The van der Waals surface area contributed by atoms with Gasteiger partial charge >= 0.3 is 0 Å². The number of benzene rings is 1. The minimum Gasteiger partial charge on any atom is -0.272 e. The standard InChI is InChI=1S/C18H18N2O/c1-13(2)12-20-18(21)16-11-7-6-10-15(16)17(19-20)14-8-4-3-5-9-14/h3-11,15-16H,1,12H2,2H3/t15-,16-/m1/s1. The van der Waals surface area contributed by atoms with E-state index in [2.05, 4.69) is 17.8 Å². The molecule has 106 valence electrons. The first kappa shape index (κ1) is 13.6. The van der Waals surface area contributed by atoms with Crippen LogP contribution in [0.25, 0.3) is 0 Å². The number of carbonyl (C=O) groups is 1. The van der Waals surface area contributed by atoms with E-state index < -0.39 is 0 Å². The molecular formula is C18H18N2O. The van der Waals surface area contributed by atoms with Gasteiger partial charge in [-0.05, 0) is 12.5 Å². The van der Waals surface area contributed by atoms with Gasteiger partial charge < -0.3 is 0 Å². The summed E-state index contributed by atoms with van der Waals surface area (Å²) < 4.78 is 0. The molecule has 21 heavy (non-hydrogen) atoms. The molecule has 1 aromatic rings. The number of hydrogen-bond donors (Lipinski definition) is 0. The minimum absolute atomic E-state index is 0.0197. The Bertz CT molecular complexity index is 655. The van der Waals surface area contributed by atoms with Crippen LogP contribution in [0.4, 0.5) is 0 Å². The molecule has 2 atom stereocenters. The van der Waals surface area contributed by atoms with Crippen molar-refractivity contribution in [3.63, 3.8) is 0 Å². The van der Waals surface area contributed by atoms with E-state index >= 15 is 0 Å². The third-order valence-corrected chi connectivity index (χ3v) is 3.71. The average molecular weight is 278 g/mol. The van der Waals surface area contributed by atoms with Crippen molar-refractivity contribution in [2.24, 2.45) is 16.9 Å². The number of amides is 1. The van der Waals surface area contributed by atoms with Crippen LogP contribution in [0, 0.1) is 11.8 Å². The molecule has 3 nitrogen and oxygen atoms in total. The van der Waals surface area contributed by atoms with Crippen LogP contribution >= 0.6 is 0 Å². The lowest BCUT2D eigenvalue weighted by atomic mass is 9.80. The summed E-state index contributed by atoms with van der Waals surface area (Å²) in [5.74, 6) is -0.100. The Morgan fingerprint density at radius 3 is 2.52 bits per heavy atom. The van der Waals surface area contributed by atoms with E-state index in [1.54, 1.807) is 5.01 Å². The Morgan fingerprint density at radius 2 is 1.86 bits per heavy atom. The van der Waals surface area contributed by atoms with Crippen molar-refractivity contribution in [2.75, 3.05) is 6.54 Å². The molecule has 0 bridgehead atoms. The summed E-state index contributed by atoms with van der Waals surface area (Å²) in [7, 11) is 0. The molecule has 0 unspecified atom stereocenters. The SMILES string of the molecule is C=C(C)CN1N=C(c2ccccc2)[C@@H]2C=CC=C[C@H]2C1=O. The molecule has 1 aromatic carbocycles. The maximum absolute atomic E-state index is 12.6. The van der Waals surface area contributed by atoms with Gasteiger partial charge in [0, 0.05) is 5.92 Å². The number of nitrogens with zero attached hydrogens (tertiary/aromatic N) is 2. The topological polar surface area (TPSA) is 32.7 Å². The Labute approximate surface area is 125 Å². The number of hydrazone groups is 1. The van der Waals surface area contributed by atoms with Gasteiger partial charge in [0.15, 0.2) is 0 Å². The lowest BCUT2D eigenvalue weighted by Crippen LogP contribution is -2.44. The summed E-state index contributed by atoms with van der Waals surface area (Å²) >= 11 is 0. The van der Waals surface area contributed by atoms with E-state index in [-0.39, 0.29) is 17.7 Å². The maximum Gasteiger partial charge on any atom is 0.250 e. The number of hydrogen-bond acceptors (Lipinski definition) is 2. The fraction of sp³-hybridized carbons (Fsp3) is 0.222. The first-order valence-corrected chi connectivity index (χ1v) is 7.11. The minimum atomic E-state index is -0.165. The highest BCUT2D eigenvalue weighted by Gasteiger charge is 2.37. The summed E-state index contributed by atoms with van der Waals surface area (Å²) in [6.07, 6.45) is 7.95. The van der Waals surface area contributed by atoms with Crippen molar-refractivity contribution in [1.82, 2.24) is 5.01 Å². The van der Waals surface area contributed by atoms with Gasteiger partial charge in [-0.1, -0.05) is 66.8 Å². The van der Waals surface area contributed by atoms with Gasteiger partial charge in [-0.2, -0.15) is 5.10 Å². The van der Waals surface area contributed by atoms with Crippen LogP contribution in [0.5, 0.6) is 0 Å². The molecule has 1 aliphatic carbocycles. The molecule has 0 radical (unpaired) electrons. The lowest BCUT2D eigenvalue weighted by molar-refractivity contribution is -0.135. The lowest BCUT2D eigenvalue weighted by Gasteiger charge is -2.34. The van der Waals surface area contributed by atoms with E-state index in [4.69, 9.17) is 0 Å². The van der Waals surface area contributed by atoms with Crippen molar-refractivity contribution in [3.8, 4) is 0 Å². The first-order valence-electron chi connectivity index (χ1n) is 7.11. The fourth-order valence-corrected chi connectivity index (χ4v) is 2.75. The normalized spacial score (nSPS) is 23.8. The van der Waals surface area contributed by atoms with Crippen molar-refractivity contribution in [3.05, 3.63) is 72.4 Å². The average Bonchev–Trinajstić information content (AvgIpc) is 2.51. The van der Waals surface area contributed by atoms with E-state index in [1.165, 1.54) is 0 Å². The molecule has 1 heterocycles. The summed E-state index contributed by atoms with van der Waals surface area (Å²) in [4.78, 5) is 12.6. The molecule has 0 N–H and O–H groups in total. The van der Waals surface area contributed by atoms with Crippen LogP contribution in [0.15, 0.2) is 71.9 Å². The molecule has 3 rings (SSSR count). The van der Waals surface area contributed by atoms with Crippen LogP contribution < -0.4 is 0 Å². The number of allylic oxidation sites excluding steroid dienone is 3. The van der Waals surface area contributed by atoms with Crippen LogP contribution in [-0.4, -0.2) is 23.2 Å². The Hall–Kier alpha value is -2.42. The Balaban J connectivity index is 2.05. The van der Waals surface area contributed by atoms with Crippen molar-refractivity contribution in [2.45, 2.75) is 6.92 Å². The quantitative estimate of drug-likeness (QED) is 0.782. The molecule has 1 aliphatic heterocycles. The van der Waals surface area contributed by atoms with Crippen LogP contribution in [0.3, 0.4) is 0 Å². The zero-order valence-corrected chi connectivity index (χ0v) is 12.1. The van der Waals surface area contributed by atoms with E-state index in [9.17, 15) is 4.79 Å². The predicted octanol–water partition coefficient (Wildman–Crippen LogP) is 3.17. The highest BCUT2D eigenvalue weighted by molar-refractivity contribution is 6.08. The summed E-state index contributed by atoms with van der Waals surface area (Å²) in [6.45, 7) is 6.27. The Morgan fingerprint density at radius 1 is 1.19 bits per heavy atom. The maximum atomic E-state index is 12.6.